The number of para-hydroxylation sites is 2. The van der Waals surface area contributed by atoms with Crippen LogP contribution in [-0.4, -0.2) is 50.2 Å². The van der Waals surface area contributed by atoms with Crippen LogP contribution in [0.2, 0.25) is 0 Å². The van der Waals surface area contributed by atoms with Crippen LogP contribution < -0.4 is 11.3 Å². The van der Waals surface area contributed by atoms with Gasteiger partial charge in [0, 0.05) is 22.7 Å². The number of nitrogens with zero attached hydrogens (tertiary/aromatic N) is 1. The summed E-state index contributed by atoms with van der Waals surface area (Å²) >= 11 is 0. The molecule has 45 heavy (non-hydrogen) atoms. The van der Waals surface area contributed by atoms with Crippen molar-refractivity contribution in [3.63, 3.8) is 0 Å². The van der Waals surface area contributed by atoms with Crippen LogP contribution in [0.1, 0.15) is 73.8 Å². The summed E-state index contributed by atoms with van der Waals surface area (Å²) in [5.41, 5.74) is 6.54. The third kappa shape index (κ3) is 14.6. The number of halogens is 1. The third-order valence-corrected chi connectivity index (χ3v) is 11.4. The Labute approximate surface area is 276 Å². The van der Waals surface area contributed by atoms with Gasteiger partial charge in [0.1, 0.15) is 5.78 Å². The number of Topliss-reactive ketones (excluding diaryl/α,β-unsaturated/α-hetero) is 1. The molecule has 0 radical (unpaired) electrons. The highest BCUT2D eigenvalue weighted by atomic mass is 35.5. The van der Waals surface area contributed by atoms with Crippen molar-refractivity contribution in [3.8, 4) is 0 Å². The van der Waals surface area contributed by atoms with Crippen molar-refractivity contribution < 1.29 is 32.0 Å². The zero-order valence-electron chi connectivity index (χ0n) is 28.1. The van der Waals surface area contributed by atoms with Crippen molar-refractivity contribution in [2.75, 3.05) is 44.2 Å². The van der Waals surface area contributed by atoms with E-state index in [2.05, 4.69) is 23.4 Å². The fourth-order valence-corrected chi connectivity index (χ4v) is 8.09. The maximum absolute atomic E-state index is 12.6. The highest BCUT2D eigenvalue weighted by Gasteiger charge is 2.39. The van der Waals surface area contributed by atoms with E-state index in [1.54, 1.807) is 13.8 Å². The molecule has 0 amide bonds. The number of nitrogens with two attached hydrogens (primary N) is 1. The van der Waals surface area contributed by atoms with Crippen molar-refractivity contribution in [2.24, 2.45) is 16.8 Å². The first kappa shape index (κ1) is 43.1. The molecule has 1 heterocycles. The Morgan fingerprint density at radius 3 is 1.78 bits per heavy atom. The molecule has 10 nitrogen and oxygen atoms in total. The van der Waals surface area contributed by atoms with Gasteiger partial charge in [0.2, 0.25) is 0 Å². The van der Waals surface area contributed by atoms with Crippen LogP contribution in [-0.2, 0) is 37.4 Å². The van der Waals surface area contributed by atoms with Crippen LogP contribution in [0.5, 0.6) is 0 Å². The Hall–Kier alpha value is -1.87. The van der Waals surface area contributed by atoms with Gasteiger partial charge in [-0.05, 0) is 78.1 Å². The van der Waals surface area contributed by atoms with Gasteiger partial charge in [-0.1, -0.05) is 50.2 Å². The fourth-order valence-electron chi connectivity index (χ4n) is 4.42. The number of hydrazine groups is 1. The maximum Gasteiger partial charge on any atom is 0.330 e. The summed E-state index contributed by atoms with van der Waals surface area (Å²) in [6.45, 7) is 16.3. The first-order valence-corrected chi connectivity index (χ1v) is 18.7. The molecular weight excluding hydrogens is 636 g/mol. The molecule has 13 heteroatoms. The quantitative estimate of drug-likeness (QED) is 0.100. The predicted octanol–water partition coefficient (Wildman–Crippen LogP) is 8.97. The van der Waals surface area contributed by atoms with E-state index in [-0.39, 0.29) is 29.5 Å². The Balaban J connectivity index is 0.000000704. The third-order valence-electron chi connectivity index (χ3n) is 7.24. The molecule has 2 unspecified atom stereocenters. The van der Waals surface area contributed by atoms with Crippen LogP contribution >= 0.6 is 27.6 Å². The highest BCUT2D eigenvalue weighted by molar-refractivity contribution is 7.54. The van der Waals surface area contributed by atoms with Gasteiger partial charge >= 0.3 is 15.2 Å². The lowest BCUT2D eigenvalue weighted by Gasteiger charge is -2.28. The number of anilines is 1. The fraction of sp³-hybridized carbons (Fsp3) is 0.562. The van der Waals surface area contributed by atoms with Gasteiger partial charge in [0.05, 0.1) is 44.4 Å². The molecule has 0 bridgehead atoms. The number of nitrogen functional groups attached to an aromatic ring is 1. The Morgan fingerprint density at radius 2 is 1.33 bits per heavy atom. The molecule has 0 spiro atoms. The number of hydrogen-bond donors (Lipinski definition) is 2. The minimum atomic E-state index is -3.01. The number of ketones is 1. The minimum Gasteiger partial charge on any atom is -0.324 e. The molecule has 0 aromatic heterocycles. The van der Waals surface area contributed by atoms with Crippen LogP contribution in [0.3, 0.4) is 0 Å². The number of aliphatic imine (C=N–C) groups is 1. The van der Waals surface area contributed by atoms with Gasteiger partial charge < -0.3 is 23.5 Å². The Bertz CT molecular complexity index is 1250. The average Bonchev–Trinajstić information content (AvgIpc) is 3.26. The largest absolute Gasteiger partial charge is 0.330 e. The smallest absolute Gasteiger partial charge is 0.324 e. The van der Waals surface area contributed by atoms with Crippen LogP contribution in [0.25, 0.3) is 0 Å². The van der Waals surface area contributed by atoms with E-state index in [0.717, 1.165) is 17.1 Å². The molecule has 1 aliphatic heterocycles. The van der Waals surface area contributed by atoms with Gasteiger partial charge in [-0.25, -0.2) is 0 Å². The van der Waals surface area contributed by atoms with Crippen molar-refractivity contribution in [1.29, 1.82) is 0 Å². The predicted molar refractivity (Wildman–Crippen MR) is 189 cm³/mol. The lowest BCUT2D eigenvalue weighted by molar-refractivity contribution is -0.120. The lowest BCUT2D eigenvalue weighted by atomic mass is 9.78. The zero-order valence-corrected chi connectivity index (χ0v) is 30.7. The Morgan fingerprint density at radius 1 is 0.867 bits per heavy atom. The van der Waals surface area contributed by atoms with Crippen molar-refractivity contribution in [2.45, 2.75) is 73.6 Å². The topological polar surface area (TPSA) is 139 Å². The van der Waals surface area contributed by atoms with E-state index in [1.165, 1.54) is 12.5 Å². The summed E-state index contributed by atoms with van der Waals surface area (Å²) in [5, 5.41) is 0. The monoisotopic (exact) mass is 689 g/mol. The summed E-state index contributed by atoms with van der Waals surface area (Å²) in [6.07, 6.45) is 1.98. The average molecular weight is 690 g/mol. The number of fused-ring (bicyclic) bond motifs is 1. The summed E-state index contributed by atoms with van der Waals surface area (Å²) in [4.78, 5) is 15.6. The number of benzene rings is 2. The summed E-state index contributed by atoms with van der Waals surface area (Å²) in [6, 6.07) is 17.7. The molecule has 2 aromatic carbocycles. The molecule has 2 atom stereocenters. The molecule has 0 fully saturated rings. The van der Waals surface area contributed by atoms with E-state index in [9.17, 15) is 13.9 Å². The second-order valence-corrected chi connectivity index (χ2v) is 14.8. The normalized spacial score (nSPS) is 16.1. The highest BCUT2D eigenvalue weighted by Crippen LogP contribution is 2.52. The molecule has 0 aliphatic carbocycles. The second kappa shape index (κ2) is 21.8. The molecule has 2 aromatic rings. The molecule has 1 aliphatic rings. The number of nitrogens with one attached hydrogen (secondary N) is 1. The number of carbonyl (C=O) groups is 1. The molecule has 3 N–H and O–H groups in total. The van der Waals surface area contributed by atoms with Crippen LogP contribution in [0.15, 0.2) is 59.6 Å². The van der Waals surface area contributed by atoms with Crippen LogP contribution in [0, 0.1) is 5.92 Å². The number of hydrogen-bond acceptors (Lipinski definition) is 10. The summed E-state index contributed by atoms with van der Waals surface area (Å²) in [5.74, 6) is 5.12. The minimum absolute atomic E-state index is 0. The first-order chi connectivity index (χ1) is 20.8. The summed E-state index contributed by atoms with van der Waals surface area (Å²) in [7, 11) is -5.97. The van der Waals surface area contributed by atoms with Crippen molar-refractivity contribution in [3.05, 3.63) is 60.2 Å². The maximum atomic E-state index is 12.6. The van der Waals surface area contributed by atoms with Gasteiger partial charge in [0.25, 0.3) is 0 Å². The standard InChI is InChI=1S/C16H24NO3P.C10H21O4P.C6H8N2.ClH/c1-5-19-21(18,20-6-2)12-11-16(4)13(3)17-15-10-8-7-9-14(15)16;1-5-13-15(12,14-6-2)8-7-9(3)10(4)11;7-8-6-4-2-1-3-5-6;/h7-10H,5-6,11-12H2,1-4H3;9H,5-8H2,1-4H3;1-5,8H,7H2;1H. The number of carbonyl (C=O) groups excluding carboxylic acids is 1. The molecule has 0 saturated carbocycles. The zero-order chi connectivity index (χ0) is 33.2. The molecular formula is C32H54ClN3O7P2. The van der Waals surface area contributed by atoms with Gasteiger partial charge in [-0.15, -0.1) is 12.4 Å². The van der Waals surface area contributed by atoms with Gasteiger partial charge in [-0.3, -0.25) is 24.8 Å². The molecule has 0 saturated heterocycles. The SMILES string of the molecule is CCOP(=O)(CCC(C)C(C)=O)OCC.CCOP(=O)(CCC1(C)C(C)=Nc2ccccc21)OCC.Cl.NNc1ccccc1. The number of rotatable bonds is 16. The van der Waals surface area contributed by atoms with E-state index >= 15 is 0 Å². The second-order valence-electron chi connectivity index (χ2n) is 10.4. The van der Waals surface area contributed by atoms with E-state index in [0.29, 0.717) is 51.6 Å². The molecule has 256 valence electrons. The van der Waals surface area contributed by atoms with E-state index < -0.39 is 15.2 Å². The van der Waals surface area contributed by atoms with E-state index in [4.69, 9.17) is 23.9 Å². The van der Waals surface area contributed by atoms with Crippen LogP contribution in [0.4, 0.5) is 11.4 Å². The first-order valence-electron chi connectivity index (χ1n) is 15.3. The lowest BCUT2D eigenvalue weighted by Crippen LogP contribution is -2.29. The molecule has 3 rings (SSSR count). The van der Waals surface area contributed by atoms with Gasteiger partial charge in [0.15, 0.2) is 0 Å². The van der Waals surface area contributed by atoms with Crippen molar-refractivity contribution >= 4 is 50.5 Å². The van der Waals surface area contributed by atoms with E-state index in [1.807, 2.05) is 76.2 Å². The van der Waals surface area contributed by atoms with Crippen molar-refractivity contribution in [1.82, 2.24) is 0 Å². The summed E-state index contributed by atoms with van der Waals surface area (Å²) < 4.78 is 45.7. The van der Waals surface area contributed by atoms with Gasteiger partial charge in [-0.2, -0.15) is 0 Å². The Kier molecular flexibility index (Phi) is 20.9.